The first-order valence-corrected chi connectivity index (χ1v) is 6.92. The van der Waals surface area contributed by atoms with Gasteiger partial charge in [-0.15, -0.1) is 0 Å². The number of aliphatic hydroxyl groups excluding tert-OH is 1. The highest BCUT2D eigenvalue weighted by Crippen LogP contribution is 2.31. The first-order chi connectivity index (χ1) is 10.1. The number of hydrogen-bond donors (Lipinski definition) is 3. The molecule has 3 N–H and O–H groups in total. The van der Waals surface area contributed by atoms with Crippen molar-refractivity contribution in [2.75, 3.05) is 0 Å². The molecule has 0 saturated carbocycles. The topological polar surface area (TPSA) is 69.6 Å². The van der Waals surface area contributed by atoms with Crippen LogP contribution in [0.25, 0.3) is 0 Å². The van der Waals surface area contributed by atoms with Gasteiger partial charge >= 0.3 is 0 Å². The molecule has 2 aromatic carbocycles. The number of aryl methyl sites for hydroxylation is 1. The van der Waals surface area contributed by atoms with E-state index in [1.165, 1.54) is 6.07 Å². The van der Waals surface area contributed by atoms with Gasteiger partial charge in [0, 0.05) is 12.0 Å². The molecule has 4 heteroatoms. The Balaban J connectivity index is 1.83. The molecule has 0 saturated heterocycles. The third-order valence-electron chi connectivity index (χ3n) is 3.96. The predicted molar refractivity (Wildman–Crippen MR) is 79.2 cm³/mol. The lowest BCUT2D eigenvalue weighted by Gasteiger charge is -2.18. The van der Waals surface area contributed by atoms with Crippen molar-refractivity contribution in [3.63, 3.8) is 0 Å². The highest BCUT2D eigenvalue weighted by atomic mass is 16.3. The zero-order valence-corrected chi connectivity index (χ0v) is 11.7. The van der Waals surface area contributed by atoms with Crippen molar-refractivity contribution >= 4 is 5.91 Å². The standard InChI is InChI=1S/C17H17NO3/c1-10-6-7-12(9-14(10)19)17(21)18-16-13-5-3-2-4-11(13)8-15(16)20/h2-7,9,15-16,19-20H,8H2,1H3,(H,18,21)/t15-,16+/m1/s1. The van der Waals surface area contributed by atoms with Crippen molar-refractivity contribution in [1.82, 2.24) is 5.32 Å². The summed E-state index contributed by atoms with van der Waals surface area (Å²) >= 11 is 0. The Kier molecular flexibility index (Phi) is 3.39. The quantitative estimate of drug-likeness (QED) is 0.790. The van der Waals surface area contributed by atoms with Gasteiger partial charge in [0.25, 0.3) is 5.91 Å². The van der Waals surface area contributed by atoms with Gasteiger partial charge < -0.3 is 15.5 Å². The number of hydrogen-bond acceptors (Lipinski definition) is 3. The monoisotopic (exact) mass is 283 g/mol. The van der Waals surface area contributed by atoms with Crippen LogP contribution in [-0.4, -0.2) is 22.2 Å². The molecule has 0 unspecified atom stereocenters. The molecule has 1 aliphatic carbocycles. The summed E-state index contributed by atoms with van der Waals surface area (Å²) in [5.41, 5.74) is 3.12. The Morgan fingerprint density at radius 3 is 2.76 bits per heavy atom. The molecule has 0 heterocycles. The van der Waals surface area contributed by atoms with Crippen molar-refractivity contribution in [2.24, 2.45) is 0 Å². The van der Waals surface area contributed by atoms with Crippen LogP contribution in [0.15, 0.2) is 42.5 Å². The van der Waals surface area contributed by atoms with Crippen LogP contribution >= 0.6 is 0 Å². The smallest absolute Gasteiger partial charge is 0.251 e. The van der Waals surface area contributed by atoms with Crippen molar-refractivity contribution < 1.29 is 15.0 Å². The van der Waals surface area contributed by atoms with Crippen molar-refractivity contribution in [3.05, 3.63) is 64.7 Å². The second-order valence-electron chi connectivity index (χ2n) is 5.42. The second kappa shape index (κ2) is 5.22. The number of amides is 1. The lowest BCUT2D eigenvalue weighted by molar-refractivity contribution is 0.0858. The molecule has 2 aromatic rings. The summed E-state index contributed by atoms with van der Waals surface area (Å²) in [6.45, 7) is 1.77. The van der Waals surface area contributed by atoms with E-state index in [1.807, 2.05) is 24.3 Å². The van der Waals surface area contributed by atoms with Gasteiger partial charge in [-0.2, -0.15) is 0 Å². The molecular weight excluding hydrogens is 266 g/mol. The summed E-state index contributed by atoms with van der Waals surface area (Å²) in [6, 6.07) is 12.1. The molecule has 0 bridgehead atoms. The van der Waals surface area contributed by atoms with Crippen LogP contribution in [-0.2, 0) is 6.42 Å². The molecule has 1 aliphatic rings. The zero-order valence-electron chi connectivity index (χ0n) is 11.7. The average molecular weight is 283 g/mol. The lowest BCUT2D eigenvalue weighted by atomic mass is 10.1. The van der Waals surface area contributed by atoms with Crippen LogP contribution in [0.3, 0.4) is 0 Å². The first-order valence-electron chi connectivity index (χ1n) is 6.92. The number of fused-ring (bicyclic) bond motifs is 1. The van der Waals surface area contributed by atoms with Gasteiger partial charge in [0.2, 0.25) is 0 Å². The molecule has 0 aromatic heterocycles. The van der Waals surface area contributed by atoms with Gasteiger partial charge in [0.15, 0.2) is 0 Å². The highest BCUT2D eigenvalue weighted by Gasteiger charge is 2.32. The summed E-state index contributed by atoms with van der Waals surface area (Å²) < 4.78 is 0. The van der Waals surface area contributed by atoms with E-state index in [9.17, 15) is 15.0 Å². The van der Waals surface area contributed by atoms with E-state index in [-0.39, 0.29) is 11.7 Å². The number of phenols is 1. The van der Waals surface area contributed by atoms with Gasteiger partial charge in [-0.05, 0) is 35.7 Å². The first kappa shape index (κ1) is 13.6. The molecule has 0 fully saturated rings. The summed E-state index contributed by atoms with van der Waals surface area (Å²) in [5.74, 6) is -0.207. The highest BCUT2D eigenvalue weighted by molar-refractivity contribution is 5.95. The lowest BCUT2D eigenvalue weighted by Crippen LogP contribution is -2.33. The molecule has 0 radical (unpaired) electrons. The molecule has 0 aliphatic heterocycles. The van der Waals surface area contributed by atoms with E-state index in [2.05, 4.69) is 5.32 Å². The van der Waals surface area contributed by atoms with Crippen LogP contribution in [0.2, 0.25) is 0 Å². The number of nitrogens with one attached hydrogen (secondary N) is 1. The minimum atomic E-state index is -0.620. The van der Waals surface area contributed by atoms with Gasteiger partial charge in [-0.3, -0.25) is 4.79 Å². The molecule has 0 spiro atoms. The Hall–Kier alpha value is -2.33. The fourth-order valence-electron chi connectivity index (χ4n) is 2.72. The van der Waals surface area contributed by atoms with Gasteiger partial charge in [0.05, 0.1) is 12.1 Å². The summed E-state index contributed by atoms with van der Waals surface area (Å²) in [6.07, 6.45) is -0.0781. The number of phenolic OH excluding ortho intramolecular Hbond substituents is 1. The fourth-order valence-corrected chi connectivity index (χ4v) is 2.72. The molecular formula is C17H17NO3. The molecule has 3 rings (SSSR count). The molecule has 108 valence electrons. The Morgan fingerprint density at radius 2 is 2.00 bits per heavy atom. The third kappa shape index (κ3) is 2.50. The minimum absolute atomic E-state index is 0.0926. The van der Waals surface area contributed by atoms with E-state index in [1.54, 1.807) is 19.1 Å². The van der Waals surface area contributed by atoms with Crippen molar-refractivity contribution in [1.29, 1.82) is 0 Å². The van der Waals surface area contributed by atoms with Crippen molar-refractivity contribution in [2.45, 2.75) is 25.5 Å². The van der Waals surface area contributed by atoms with Crippen LogP contribution in [0.4, 0.5) is 0 Å². The summed E-state index contributed by atoms with van der Waals surface area (Å²) in [7, 11) is 0. The normalized spacial score (nSPS) is 20.1. The number of rotatable bonds is 2. The molecule has 1 amide bonds. The van der Waals surface area contributed by atoms with Crippen molar-refractivity contribution in [3.8, 4) is 5.75 Å². The van der Waals surface area contributed by atoms with E-state index in [0.29, 0.717) is 12.0 Å². The summed E-state index contributed by atoms with van der Waals surface area (Å²) in [4.78, 5) is 12.3. The number of benzene rings is 2. The average Bonchev–Trinajstić information content (AvgIpc) is 2.78. The number of carbonyl (C=O) groups is 1. The van der Waals surface area contributed by atoms with E-state index in [0.717, 1.165) is 16.7 Å². The number of aliphatic hydroxyl groups is 1. The minimum Gasteiger partial charge on any atom is -0.508 e. The maximum Gasteiger partial charge on any atom is 0.251 e. The molecule has 2 atom stereocenters. The Labute approximate surface area is 123 Å². The van der Waals surface area contributed by atoms with Crippen LogP contribution in [0, 0.1) is 6.92 Å². The number of carbonyl (C=O) groups excluding carboxylic acids is 1. The second-order valence-corrected chi connectivity index (χ2v) is 5.42. The van der Waals surface area contributed by atoms with E-state index in [4.69, 9.17) is 0 Å². The van der Waals surface area contributed by atoms with Crippen LogP contribution in [0.1, 0.15) is 33.1 Å². The van der Waals surface area contributed by atoms with Crippen LogP contribution in [0.5, 0.6) is 5.75 Å². The number of aromatic hydroxyl groups is 1. The fraction of sp³-hybridized carbons (Fsp3) is 0.235. The predicted octanol–water partition coefficient (Wildman–Crippen LogP) is 2.09. The summed E-state index contributed by atoms with van der Waals surface area (Å²) in [5, 5.41) is 22.7. The zero-order chi connectivity index (χ0) is 15.0. The Bertz CT molecular complexity index is 696. The van der Waals surface area contributed by atoms with Gasteiger partial charge in [-0.1, -0.05) is 30.3 Å². The molecule has 21 heavy (non-hydrogen) atoms. The largest absolute Gasteiger partial charge is 0.508 e. The maximum atomic E-state index is 12.3. The van der Waals surface area contributed by atoms with Crippen LogP contribution < -0.4 is 5.32 Å². The van der Waals surface area contributed by atoms with Gasteiger partial charge in [-0.25, -0.2) is 0 Å². The Morgan fingerprint density at radius 1 is 1.24 bits per heavy atom. The van der Waals surface area contributed by atoms with E-state index >= 15 is 0 Å². The maximum absolute atomic E-state index is 12.3. The third-order valence-corrected chi connectivity index (χ3v) is 3.96. The van der Waals surface area contributed by atoms with E-state index < -0.39 is 12.1 Å². The molecule has 4 nitrogen and oxygen atoms in total. The van der Waals surface area contributed by atoms with Gasteiger partial charge in [0.1, 0.15) is 5.75 Å². The SMILES string of the molecule is Cc1ccc(C(=O)N[C@H]2c3ccccc3C[C@H]2O)cc1O.